The highest BCUT2D eigenvalue weighted by Gasteiger charge is 2.59. The zero-order chi connectivity index (χ0) is 22.9. The van der Waals surface area contributed by atoms with Gasteiger partial charge in [0.15, 0.2) is 0 Å². The second-order valence-corrected chi connectivity index (χ2v) is 13.4. The van der Waals surface area contributed by atoms with Crippen LogP contribution in [0.1, 0.15) is 110 Å². The molecule has 1 saturated heterocycles. The number of ether oxygens (including phenoxy) is 1. The van der Waals surface area contributed by atoms with E-state index >= 15 is 0 Å². The van der Waals surface area contributed by atoms with Crippen LogP contribution in [0.15, 0.2) is 0 Å². The Morgan fingerprint density at radius 3 is 2.58 bits per heavy atom. The Morgan fingerprint density at radius 1 is 0.909 bits per heavy atom. The average molecular weight is 477 g/mol. The lowest BCUT2D eigenvalue weighted by Gasteiger charge is -2.60. The minimum absolute atomic E-state index is 0.187. The summed E-state index contributed by atoms with van der Waals surface area (Å²) in [6.07, 6.45) is 19.8. The van der Waals surface area contributed by atoms with Crippen LogP contribution in [0.5, 0.6) is 0 Å². The van der Waals surface area contributed by atoms with E-state index in [1.165, 1.54) is 82.8 Å². The number of hydrogen-bond donors (Lipinski definition) is 2. The van der Waals surface area contributed by atoms with E-state index < -0.39 is 0 Å². The first-order valence-corrected chi connectivity index (χ1v) is 15.1. The quantitative estimate of drug-likeness (QED) is 0.404. The summed E-state index contributed by atoms with van der Waals surface area (Å²) in [4.78, 5) is 12.4. The largest absolute Gasteiger partial charge is 0.381 e. The van der Waals surface area contributed by atoms with E-state index in [-0.39, 0.29) is 5.91 Å². The third kappa shape index (κ3) is 4.89. The number of nitrogens with one attached hydrogen (secondary N) is 2. The van der Waals surface area contributed by atoms with Crippen molar-refractivity contribution in [3.8, 4) is 0 Å². The van der Waals surface area contributed by atoms with Gasteiger partial charge in [0, 0.05) is 37.8 Å². The molecule has 4 saturated carbocycles. The number of fused-ring (bicyclic) bond motifs is 5. The highest BCUT2D eigenvalue weighted by molar-refractivity contribution is 7.96. The average Bonchev–Trinajstić information content (AvgIpc) is 3.16. The molecule has 0 aromatic carbocycles. The normalized spacial score (nSPS) is 43.4. The summed E-state index contributed by atoms with van der Waals surface area (Å²) in [5.74, 6) is 4.98. The van der Waals surface area contributed by atoms with Gasteiger partial charge in [0.05, 0.1) is 0 Å². The van der Waals surface area contributed by atoms with Crippen molar-refractivity contribution in [2.45, 2.75) is 116 Å². The van der Waals surface area contributed by atoms with Crippen LogP contribution in [0.3, 0.4) is 0 Å². The molecule has 1 aliphatic heterocycles. The van der Waals surface area contributed by atoms with Crippen molar-refractivity contribution in [1.29, 1.82) is 0 Å². The Labute approximate surface area is 206 Å². The van der Waals surface area contributed by atoms with E-state index in [0.717, 1.165) is 62.1 Å². The second kappa shape index (κ2) is 10.4. The van der Waals surface area contributed by atoms with Crippen LogP contribution in [-0.2, 0) is 9.53 Å². The molecule has 1 heterocycles. The molecule has 4 aliphatic carbocycles. The number of hydrogen-bond acceptors (Lipinski definition) is 4. The molecular weight excluding hydrogens is 428 g/mol. The van der Waals surface area contributed by atoms with Crippen molar-refractivity contribution in [3.05, 3.63) is 0 Å². The maximum Gasteiger partial charge on any atom is 0.230 e. The molecule has 0 bridgehead atoms. The molecule has 7 unspecified atom stereocenters. The highest BCUT2D eigenvalue weighted by Crippen LogP contribution is 2.67. The Hall–Kier alpha value is -0.260. The van der Waals surface area contributed by atoms with Gasteiger partial charge in [-0.05, 0) is 117 Å². The van der Waals surface area contributed by atoms with Gasteiger partial charge < -0.3 is 4.74 Å². The number of amides is 1. The minimum Gasteiger partial charge on any atom is -0.381 e. The molecule has 5 fully saturated rings. The molecule has 2 N–H and O–H groups in total. The molecule has 33 heavy (non-hydrogen) atoms. The highest BCUT2D eigenvalue weighted by atomic mass is 32.2. The van der Waals surface area contributed by atoms with E-state index in [9.17, 15) is 4.79 Å². The van der Waals surface area contributed by atoms with Gasteiger partial charge in [0.2, 0.25) is 5.91 Å². The Kier molecular flexibility index (Phi) is 7.69. The first-order chi connectivity index (χ1) is 16.0. The number of carbonyl (C=O) groups excluding carboxylic acids is 1. The first kappa shape index (κ1) is 24.4. The van der Waals surface area contributed by atoms with E-state index in [4.69, 9.17) is 4.74 Å². The third-order valence-electron chi connectivity index (χ3n) is 11.3. The van der Waals surface area contributed by atoms with Gasteiger partial charge in [0.1, 0.15) is 0 Å². The predicted molar refractivity (Wildman–Crippen MR) is 136 cm³/mol. The van der Waals surface area contributed by atoms with Gasteiger partial charge in [-0.25, -0.2) is 4.72 Å². The summed E-state index contributed by atoms with van der Waals surface area (Å²) in [7, 11) is 0. The molecular formula is C28H48N2O2S. The summed E-state index contributed by atoms with van der Waals surface area (Å²) in [5, 5.41) is 0. The molecule has 0 spiro atoms. The van der Waals surface area contributed by atoms with Gasteiger partial charge in [-0.2, -0.15) is 0 Å². The van der Waals surface area contributed by atoms with Crippen LogP contribution in [-0.4, -0.2) is 25.2 Å². The van der Waals surface area contributed by atoms with Gasteiger partial charge in [-0.15, -0.1) is 0 Å². The van der Waals surface area contributed by atoms with Crippen molar-refractivity contribution in [2.75, 3.05) is 13.2 Å². The minimum atomic E-state index is 0.187. The van der Waals surface area contributed by atoms with Crippen molar-refractivity contribution in [3.63, 3.8) is 0 Å². The molecule has 7 atom stereocenters. The fraction of sp³-hybridized carbons (Fsp3) is 0.964. The van der Waals surface area contributed by atoms with E-state index in [2.05, 4.69) is 23.3 Å². The van der Waals surface area contributed by atoms with Crippen LogP contribution >= 0.6 is 12.1 Å². The summed E-state index contributed by atoms with van der Waals surface area (Å²) < 4.78 is 11.8. The number of carbonyl (C=O) groups is 1. The molecule has 0 aromatic heterocycles. The molecule has 1 amide bonds. The number of rotatable bonds is 7. The van der Waals surface area contributed by atoms with Crippen LogP contribution < -0.4 is 9.44 Å². The summed E-state index contributed by atoms with van der Waals surface area (Å²) >= 11 is 1.38. The first-order valence-electron chi connectivity index (χ1n) is 14.3. The molecule has 0 aromatic rings. The lowest BCUT2D eigenvalue weighted by molar-refractivity contribution is -0.119. The maximum atomic E-state index is 12.4. The van der Waals surface area contributed by atoms with E-state index in [0.29, 0.717) is 23.3 Å². The summed E-state index contributed by atoms with van der Waals surface area (Å²) in [6, 6.07) is 0.459. The topological polar surface area (TPSA) is 50.4 Å². The van der Waals surface area contributed by atoms with E-state index in [1.54, 1.807) is 0 Å². The van der Waals surface area contributed by atoms with Crippen LogP contribution in [0.2, 0.25) is 0 Å². The zero-order valence-electron chi connectivity index (χ0n) is 21.2. The third-order valence-corrected chi connectivity index (χ3v) is 12.1. The molecule has 0 radical (unpaired) electrons. The van der Waals surface area contributed by atoms with Crippen molar-refractivity contribution in [2.24, 2.45) is 40.4 Å². The molecule has 188 valence electrons. The summed E-state index contributed by atoms with van der Waals surface area (Å²) in [5.41, 5.74) is 1.18. The van der Waals surface area contributed by atoms with Crippen molar-refractivity contribution >= 4 is 18.0 Å². The van der Waals surface area contributed by atoms with E-state index in [1.807, 2.05) is 0 Å². The predicted octanol–water partition coefficient (Wildman–Crippen LogP) is 6.65. The molecule has 5 heteroatoms. The van der Waals surface area contributed by atoms with Crippen LogP contribution in [0.25, 0.3) is 0 Å². The smallest absolute Gasteiger partial charge is 0.230 e. The Morgan fingerprint density at radius 2 is 1.73 bits per heavy atom. The van der Waals surface area contributed by atoms with Crippen LogP contribution in [0.4, 0.5) is 0 Å². The van der Waals surface area contributed by atoms with Gasteiger partial charge in [0.25, 0.3) is 0 Å². The Bertz CT molecular complexity index is 683. The lowest BCUT2D eigenvalue weighted by atomic mass is 9.45. The lowest BCUT2D eigenvalue weighted by Crippen LogP contribution is -2.52. The zero-order valence-corrected chi connectivity index (χ0v) is 22.0. The Balaban J connectivity index is 1.08. The van der Waals surface area contributed by atoms with Gasteiger partial charge >= 0.3 is 0 Å². The monoisotopic (exact) mass is 476 g/mol. The molecule has 4 nitrogen and oxygen atoms in total. The SMILES string of the molecule is CC12CCCCC1CCC1C2CCC2(C)C(CCCC(=O)NSNC3CCOCC3)CCC12. The van der Waals surface area contributed by atoms with Gasteiger partial charge in [-0.1, -0.05) is 26.7 Å². The second-order valence-electron chi connectivity index (χ2n) is 12.7. The fourth-order valence-electron chi connectivity index (χ4n) is 9.42. The standard InChI is InChI=1S/C28H48N2O2S/c1-27-16-4-3-6-20(27)9-11-23-24-12-10-21(28(24,2)17-13-25(23)27)7-5-8-26(31)30-33-29-22-14-18-32-19-15-22/h20-25,29H,3-19H2,1-2H3,(H,30,31). The van der Waals surface area contributed by atoms with Gasteiger partial charge in [-0.3, -0.25) is 9.52 Å². The maximum absolute atomic E-state index is 12.4. The van der Waals surface area contributed by atoms with Crippen molar-refractivity contribution in [1.82, 2.24) is 9.44 Å². The summed E-state index contributed by atoms with van der Waals surface area (Å²) in [6.45, 7) is 6.99. The molecule has 5 aliphatic rings. The van der Waals surface area contributed by atoms with Crippen molar-refractivity contribution < 1.29 is 9.53 Å². The molecule has 5 rings (SSSR count). The van der Waals surface area contributed by atoms with Crippen LogP contribution in [0, 0.1) is 40.4 Å². The fourth-order valence-corrected chi connectivity index (χ4v) is 10.1.